The molecule has 0 bridgehead atoms. The van der Waals surface area contributed by atoms with Crippen molar-refractivity contribution in [3.05, 3.63) is 77.2 Å². The van der Waals surface area contributed by atoms with E-state index in [0.29, 0.717) is 23.3 Å². The van der Waals surface area contributed by atoms with Crippen molar-refractivity contribution >= 4 is 28.3 Å². The monoisotopic (exact) mass is 461 g/mol. The number of aromatic amines is 1. The van der Waals surface area contributed by atoms with E-state index in [1.807, 2.05) is 31.2 Å². The SMILES string of the molecule is CCc1c(CNC(C)CO)cccc1Nc1c(C(N)=O)cnc2[nH]c(-c3ccc(F)cc3)cc12. The van der Waals surface area contributed by atoms with E-state index in [1.54, 1.807) is 12.1 Å². The van der Waals surface area contributed by atoms with E-state index in [4.69, 9.17) is 5.73 Å². The van der Waals surface area contributed by atoms with Crippen molar-refractivity contribution in [3.63, 3.8) is 0 Å². The van der Waals surface area contributed by atoms with E-state index in [1.165, 1.54) is 18.3 Å². The summed E-state index contributed by atoms with van der Waals surface area (Å²) in [6.45, 7) is 4.65. The molecule has 4 aromatic rings. The summed E-state index contributed by atoms with van der Waals surface area (Å²) in [6, 6.07) is 14.0. The maximum atomic E-state index is 13.4. The Morgan fingerprint density at radius 3 is 2.68 bits per heavy atom. The summed E-state index contributed by atoms with van der Waals surface area (Å²) in [5, 5.41) is 16.8. The number of nitrogens with two attached hydrogens (primary N) is 1. The molecule has 4 rings (SSSR count). The molecule has 1 unspecified atom stereocenters. The number of rotatable bonds is 9. The Labute approximate surface area is 197 Å². The van der Waals surface area contributed by atoms with Gasteiger partial charge in [0.25, 0.3) is 5.91 Å². The summed E-state index contributed by atoms with van der Waals surface area (Å²) in [5.74, 6) is -0.903. The molecule has 0 aliphatic heterocycles. The maximum absolute atomic E-state index is 13.4. The molecule has 0 fully saturated rings. The lowest BCUT2D eigenvalue weighted by molar-refractivity contribution is 0.100. The summed E-state index contributed by atoms with van der Waals surface area (Å²) < 4.78 is 13.4. The van der Waals surface area contributed by atoms with Crippen molar-refractivity contribution in [2.24, 2.45) is 5.73 Å². The topological polar surface area (TPSA) is 116 Å². The molecule has 6 N–H and O–H groups in total. The van der Waals surface area contributed by atoms with Crippen LogP contribution in [0, 0.1) is 5.82 Å². The number of aliphatic hydroxyl groups excluding tert-OH is 1. The Bertz CT molecular complexity index is 1320. The number of amides is 1. The Morgan fingerprint density at radius 1 is 1.24 bits per heavy atom. The third-order valence-electron chi connectivity index (χ3n) is 5.88. The fourth-order valence-electron chi connectivity index (χ4n) is 4.00. The summed E-state index contributed by atoms with van der Waals surface area (Å²) in [4.78, 5) is 19.9. The van der Waals surface area contributed by atoms with Crippen LogP contribution in [0.3, 0.4) is 0 Å². The third-order valence-corrected chi connectivity index (χ3v) is 5.88. The van der Waals surface area contributed by atoms with Gasteiger partial charge in [-0.15, -0.1) is 0 Å². The van der Waals surface area contributed by atoms with Gasteiger partial charge >= 0.3 is 0 Å². The largest absolute Gasteiger partial charge is 0.395 e. The number of carbonyl (C=O) groups is 1. The predicted octanol–water partition coefficient (Wildman–Crippen LogP) is 4.24. The first-order valence-electron chi connectivity index (χ1n) is 11.2. The van der Waals surface area contributed by atoms with Gasteiger partial charge in [-0.2, -0.15) is 0 Å². The molecular formula is C26H28FN5O2. The van der Waals surface area contributed by atoms with Crippen molar-refractivity contribution in [3.8, 4) is 11.3 Å². The maximum Gasteiger partial charge on any atom is 0.252 e. The number of aliphatic hydroxyl groups is 1. The highest BCUT2D eigenvalue weighted by atomic mass is 19.1. The average Bonchev–Trinajstić information content (AvgIpc) is 3.27. The Kier molecular flexibility index (Phi) is 6.90. The van der Waals surface area contributed by atoms with Crippen LogP contribution >= 0.6 is 0 Å². The van der Waals surface area contributed by atoms with Crippen LogP contribution < -0.4 is 16.4 Å². The number of anilines is 2. The number of nitrogens with one attached hydrogen (secondary N) is 3. The molecule has 8 heteroatoms. The van der Waals surface area contributed by atoms with E-state index >= 15 is 0 Å². The van der Waals surface area contributed by atoms with E-state index in [9.17, 15) is 14.3 Å². The number of benzene rings is 2. The van der Waals surface area contributed by atoms with Gasteiger partial charge in [-0.1, -0.05) is 19.1 Å². The van der Waals surface area contributed by atoms with Crippen LogP contribution in [0.25, 0.3) is 22.3 Å². The van der Waals surface area contributed by atoms with Crippen LogP contribution in [0.5, 0.6) is 0 Å². The molecular weight excluding hydrogens is 433 g/mol. The van der Waals surface area contributed by atoms with Crippen LogP contribution in [-0.4, -0.2) is 33.6 Å². The number of carbonyl (C=O) groups excluding carboxylic acids is 1. The van der Waals surface area contributed by atoms with Gasteiger partial charge in [0.2, 0.25) is 0 Å². The molecule has 176 valence electrons. The average molecular weight is 462 g/mol. The number of aromatic nitrogens is 2. The summed E-state index contributed by atoms with van der Waals surface area (Å²) in [6.07, 6.45) is 2.22. The first-order valence-corrected chi connectivity index (χ1v) is 11.2. The van der Waals surface area contributed by atoms with Crippen LogP contribution in [-0.2, 0) is 13.0 Å². The zero-order valence-corrected chi connectivity index (χ0v) is 19.2. The molecule has 0 aliphatic carbocycles. The van der Waals surface area contributed by atoms with Crippen molar-refractivity contribution in [2.75, 3.05) is 11.9 Å². The first kappa shape index (κ1) is 23.4. The van der Waals surface area contributed by atoms with E-state index in [-0.39, 0.29) is 24.0 Å². The molecule has 34 heavy (non-hydrogen) atoms. The Balaban J connectivity index is 1.78. The smallest absolute Gasteiger partial charge is 0.252 e. The van der Waals surface area contributed by atoms with Gasteiger partial charge in [0.15, 0.2) is 0 Å². The molecule has 2 aromatic carbocycles. The molecule has 0 aliphatic rings. The van der Waals surface area contributed by atoms with Gasteiger partial charge in [0.05, 0.1) is 17.9 Å². The molecule has 1 amide bonds. The van der Waals surface area contributed by atoms with Crippen molar-refractivity contribution in [2.45, 2.75) is 32.9 Å². The van der Waals surface area contributed by atoms with E-state index in [0.717, 1.165) is 34.5 Å². The van der Waals surface area contributed by atoms with Crippen molar-refractivity contribution < 1.29 is 14.3 Å². The summed E-state index contributed by atoms with van der Waals surface area (Å²) >= 11 is 0. The third kappa shape index (κ3) is 4.78. The van der Waals surface area contributed by atoms with Gasteiger partial charge < -0.3 is 26.5 Å². The zero-order chi connectivity index (χ0) is 24.2. The van der Waals surface area contributed by atoms with E-state index < -0.39 is 5.91 Å². The van der Waals surface area contributed by atoms with Gasteiger partial charge in [-0.25, -0.2) is 9.37 Å². The Morgan fingerprint density at radius 2 is 2.00 bits per heavy atom. The molecule has 2 heterocycles. The Hall–Kier alpha value is -3.75. The van der Waals surface area contributed by atoms with Gasteiger partial charge in [-0.3, -0.25) is 4.79 Å². The second-order valence-corrected chi connectivity index (χ2v) is 8.25. The molecule has 1 atom stereocenters. The number of hydrogen-bond donors (Lipinski definition) is 5. The molecule has 0 spiro atoms. The first-order chi connectivity index (χ1) is 16.4. The van der Waals surface area contributed by atoms with Crippen LogP contribution in [0.2, 0.25) is 0 Å². The molecule has 2 aromatic heterocycles. The highest BCUT2D eigenvalue weighted by molar-refractivity contribution is 6.08. The van der Waals surface area contributed by atoms with Crippen molar-refractivity contribution in [1.82, 2.24) is 15.3 Å². The number of hydrogen-bond acceptors (Lipinski definition) is 5. The highest BCUT2D eigenvalue weighted by Crippen LogP contribution is 2.34. The molecule has 0 saturated heterocycles. The number of nitrogens with zero attached hydrogens (tertiary/aromatic N) is 1. The minimum absolute atomic E-state index is 0.0210. The standard InChI is InChI=1S/C26H28FN5O2/c1-3-19-17(12-29-15(2)14-33)5-4-6-22(19)31-24-20-11-23(16-7-9-18(27)10-8-16)32-26(20)30-13-21(24)25(28)34/h4-11,13,15,29,33H,3,12,14H2,1-2H3,(H2,28,34)(H2,30,31,32). The van der Waals surface area contributed by atoms with Gasteiger partial charge in [-0.05, 0) is 66.4 Å². The lowest BCUT2D eigenvalue weighted by Crippen LogP contribution is -2.29. The summed E-state index contributed by atoms with van der Waals surface area (Å²) in [7, 11) is 0. The van der Waals surface area contributed by atoms with Gasteiger partial charge in [0.1, 0.15) is 11.5 Å². The van der Waals surface area contributed by atoms with Crippen LogP contribution in [0.1, 0.15) is 35.3 Å². The molecule has 0 saturated carbocycles. The highest BCUT2D eigenvalue weighted by Gasteiger charge is 2.18. The molecule has 7 nitrogen and oxygen atoms in total. The fraction of sp³-hybridized carbons (Fsp3) is 0.231. The van der Waals surface area contributed by atoms with Crippen molar-refractivity contribution in [1.29, 1.82) is 0 Å². The number of halogens is 1. The molecule has 0 radical (unpaired) electrons. The van der Waals surface area contributed by atoms with E-state index in [2.05, 4.69) is 27.5 Å². The fourth-order valence-corrected chi connectivity index (χ4v) is 4.00. The normalized spacial score (nSPS) is 12.1. The number of H-pyrrole nitrogens is 1. The number of pyridine rings is 1. The van der Waals surface area contributed by atoms with Crippen LogP contribution in [0.4, 0.5) is 15.8 Å². The number of fused-ring (bicyclic) bond motifs is 1. The second-order valence-electron chi connectivity index (χ2n) is 8.25. The lowest BCUT2D eigenvalue weighted by Gasteiger charge is -2.18. The predicted molar refractivity (Wildman–Crippen MR) is 132 cm³/mol. The minimum atomic E-state index is -0.589. The number of primary amides is 1. The minimum Gasteiger partial charge on any atom is -0.395 e. The quantitative estimate of drug-likeness (QED) is 0.256. The second kappa shape index (κ2) is 10.0. The van der Waals surface area contributed by atoms with Gasteiger partial charge in [0, 0.05) is 35.6 Å². The summed E-state index contributed by atoms with van der Waals surface area (Å²) in [5.41, 5.74) is 11.7. The van der Waals surface area contributed by atoms with Crippen LogP contribution in [0.15, 0.2) is 54.7 Å². The lowest BCUT2D eigenvalue weighted by atomic mass is 10.0. The zero-order valence-electron chi connectivity index (χ0n) is 19.2.